The Kier molecular flexibility index (Phi) is 4.37. The van der Waals surface area contributed by atoms with Crippen molar-refractivity contribution in [3.8, 4) is 0 Å². The van der Waals surface area contributed by atoms with E-state index in [4.69, 9.17) is 0 Å². The van der Waals surface area contributed by atoms with Crippen LogP contribution in [0.2, 0.25) is 0 Å². The first-order valence-corrected chi connectivity index (χ1v) is 8.90. The van der Waals surface area contributed by atoms with Gasteiger partial charge in [-0.1, -0.05) is 0 Å². The molecule has 1 fully saturated rings. The molecule has 1 saturated heterocycles. The van der Waals surface area contributed by atoms with E-state index >= 15 is 0 Å². The van der Waals surface area contributed by atoms with Crippen LogP contribution in [0.3, 0.4) is 0 Å². The van der Waals surface area contributed by atoms with E-state index in [1.807, 2.05) is 6.20 Å². The fourth-order valence-electron chi connectivity index (χ4n) is 3.02. The van der Waals surface area contributed by atoms with E-state index in [1.54, 1.807) is 0 Å². The number of piperidine rings is 1. The molecule has 128 valence electrons. The predicted molar refractivity (Wildman–Crippen MR) is 94.4 cm³/mol. The standard InChI is InChI=1S/C17H16FN5OS/c18-11-7-12(15-13(8-11)20-5-6-21-15)16(24)23-17-22-9-14(25-17)10-1-3-19-4-2-10/h5-10,19H,1-4H2,(H,22,23,24). The highest BCUT2D eigenvalue weighted by molar-refractivity contribution is 7.15. The molecule has 0 aliphatic carbocycles. The van der Waals surface area contributed by atoms with Crippen LogP contribution in [0.1, 0.15) is 34.0 Å². The Morgan fingerprint density at radius 3 is 2.84 bits per heavy atom. The minimum Gasteiger partial charge on any atom is -0.317 e. The Labute approximate surface area is 147 Å². The van der Waals surface area contributed by atoms with E-state index in [0.29, 0.717) is 22.1 Å². The number of benzene rings is 1. The molecular formula is C17H16FN5OS. The molecule has 3 aromatic rings. The van der Waals surface area contributed by atoms with Crippen LogP contribution in [0.25, 0.3) is 11.0 Å². The lowest BCUT2D eigenvalue weighted by Gasteiger charge is -2.20. The number of anilines is 1. The number of hydrogen-bond donors (Lipinski definition) is 2. The van der Waals surface area contributed by atoms with Gasteiger partial charge in [0.2, 0.25) is 0 Å². The summed E-state index contributed by atoms with van der Waals surface area (Å²) < 4.78 is 13.8. The van der Waals surface area contributed by atoms with Gasteiger partial charge in [0, 0.05) is 29.5 Å². The van der Waals surface area contributed by atoms with Gasteiger partial charge in [-0.2, -0.15) is 0 Å². The summed E-state index contributed by atoms with van der Waals surface area (Å²) in [5.41, 5.74) is 0.875. The topological polar surface area (TPSA) is 79.8 Å². The third-order valence-corrected chi connectivity index (χ3v) is 5.34. The van der Waals surface area contributed by atoms with Crippen LogP contribution in [0, 0.1) is 5.82 Å². The fourth-order valence-corrected chi connectivity index (χ4v) is 4.00. The first-order valence-electron chi connectivity index (χ1n) is 8.09. The summed E-state index contributed by atoms with van der Waals surface area (Å²) in [5.74, 6) is -0.478. The molecule has 3 heterocycles. The largest absolute Gasteiger partial charge is 0.317 e. The maximum Gasteiger partial charge on any atom is 0.259 e. The maximum atomic E-state index is 13.8. The Morgan fingerprint density at radius 2 is 2.00 bits per heavy atom. The highest BCUT2D eigenvalue weighted by Crippen LogP contribution is 2.32. The molecule has 2 N–H and O–H groups in total. The predicted octanol–water partition coefficient (Wildman–Crippen LogP) is 2.94. The van der Waals surface area contributed by atoms with Crippen molar-refractivity contribution in [3.63, 3.8) is 0 Å². The summed E-state index contributed by atoms with van der Waals surface area (Å²) in [6.45, 7) is 2.00. The number of nitrogens with one attached hydrogen (secondary N) is 2. The second-order valence-electron chi connectivity index (χ2n) is 5.92. The average Bonchev–Trinajstić information content (AvgIpc) is 3.10. The van der Waals surface area contributed by atoms with Gasteiger partial charge >= 0.3 is 0 Å². The van der Waals surface area contributed by atoms with E-state index in [1.165, 1.54) is 40.7 Å². The zero-order valence-electron chi connectivity index (χ0n) is 13.3. The van der Waals surface area contributed by atoms with Crippen molar-refractivity contribution < 1.29 is 9.18 Å². The van der Waals surface area contributed by atoms with Gasteiger partial charge in [-0.05, 0) is 37.9 Å². The molecule has 0 saturated carbocycles. The minimum absolute atomic E-state index is 0.154. The van der Waals surface area contributed by atoms with Gasteiger partial charge in [-0.25, -0.2) is 9.37 Å². The summed E-state index contributed by atoms with van der Waals surface area (Å²) in [4.78, 5) is 26.2. The Morgan fingerprint density at radius 1 is 1.20 bits per heavy atom. The highest BCUT2D eigenvalue weighted by Gasteiger charge is 2.19. The number of rotatable bonds is 3. The smallest absolute Gasteiger partial charge is 0.259 e. The summed E-state index contributed by atoms with van der Waals surface area (Å²) in [7, 11) is 0. The highest BCUT2D eigenvalue weighted by atomic mass is 32.1. The number of fused-ring (bicyclic) bond motifs is 1. The molecule has 1 aliphatic heterocycles. The lowest BCUT2D eigenvalue weighted by atomic mass is 9.97. The molecule has 1 aromatic carbocycles. The van der Waals surface area contributed by atoms with Crippen molar-refractivity contribution in [1.29, 1.82) is 0 Å². The summed E-state index contributed by atoms with van der Waals surface area (Å²) in [6.07, 6.45) is 6.91. The molecule has 6 nitrogen and oxygen atoms in total. The number of amides is 1. The van der Waals surface area contributed by atoms with Gasteiger partial charge in [-0.15, -0.1) is 11.3 Å². The number of carbonyl (C=O) groups excluding carboxylic acids is 1. The van der Waals surface area contributed by atoms with Crippen LogP contribution < -0.4 is 10.6 Å². The first-order chi connectivity index (χ1) is 12.2. The van der Waals surface area contributed by atoms with E-state index in [-0.39, 0.29) is 5.56 Å². The molecule has 2 aromatic heterocycles. The molecule has 25 heavy (non-hydrogen) atoms. The van der Waals surface area contributed by atoms with Gasteiger partial charge < -0.3 is 5.32 Å². The second-order valence-corrected chi connectivity index (χ2v) is 6.99. The molecular weight excluding hydrogens is 341 g/mol. The van der Waals surface area contributed by atoms with Crippen molar-refractivity contribution in [3.05, 3.63) is 47.0 Å². The van der Waals surface area contributed by atoms with Crippen molar-refractivity contribution in [2.45, 2.75) is 18.8 Å². The summed E-state index contributed by atoms with van der Waals surface area (Å²) >= 11 is 1.47. The van der Waals surface area contributed by atoms with E-state index in [9.17, 15) is 9.18 Å². The molecule has 8 heteroatoms. The van der Waals surface area contributed by atoms with E-state index < -0.39 is 11.7 Å². The molecule has 0 spiro atoms. The second kappa shape index (κ2) is 6.81. The normalized spacial score (nSPS) is 15.4. The molecule has 4 rings (SSSR count). The molecule has 0 radical (unpaired) electrons. The first kappa shape index (κ1) is 16.0. The Balaban J connectivity index is 1.57. The quantitative estimate of drug-likeness (QED) is 0.753. The van der Waals surface area contributed by atoms with E-state index in [0.717, 1.165) is 25.9 Å². The SMILES string of the molecule is O=C(Nc1ncc(C2CCNCC2)s1)c1cc(F)cc2nccnc12. The summed E-state index contributed by atoms with van der Waals surface area (Å²) in [6, 6.07) is 2.44. The molecule has 0 bridgehead atoms. The van der Waals surface area contributed by atoms with Gasteiger partial charge in [0.15, 0.2) is 5.13 Å². The van der Waals surface area contributed by atoms with Crippen LogP contribution in [-0.2, 0) is 0 Å². The van der Waals surface area contributed by atoms with Gasteiger partial charge in [0.25, 0.3) is 5.91 Å². The van der Waals surface area contributed by atoms with Crippen molar-refractivity contribution in [2.24, 2.45) is 0 Å². The van der Waals surface area contributed by atoms with E-state index in [2.05, 4.69) is 25.6 Å². The molecule has 0 unspecified atom stereocenters. The minimum atomic E-state index is -0.521. The van der Waals surface area contributed by atoms with Crippen molar-refractivity contribution in [1.82, 2.24) is 20.3 Å². The lowest BCUT2D eigenvalue weighted by Crippen LogP contribution is -2.26. The lowest BCUT2D eigenvalue weighted by molar-refractivity contribution is 0.102. The van der Waals surface area contributed by atoms with Crippen LogP contribution >= 0.6 is 11.3 Å². The third kappa shape index (κ3) is 3.35. The summed E-state index contributed by atoms with van der Waals surface area (Å²) in [5, 5.41) is 6.60. The Hall–Kier alpha value is -2.45. The zero-order chi connectivity index (χ0) is 17.2. The number of nitrogens with zero attached hydrogens (tertiary/aromatic N) is 3. The third-order valence-electron chi connectivity index (χ3n) is 4.27. The monoisotopic (exact) mass is 357 g/mol. The number of aromatic nitrogens is 3. The number of hydrogen-bond acceptors (Lipinski definition) is 6. The molecule has 1 aliphatic rings. The Bertz CT molecular complexity index is 922. The van der Waals surface area contributed by atoms with Crippen molar-refractivity contribution in [2.75, 3.05) is 18.4 Å². The van der Waals surface area contributed by atoms with Crippen LogP contribution in [0.4, 0.5) is 9.52 Å². The van der Waals surface area contributed by atoms with Gasteiger partial charge in [-0.3, -0.25) is 20.1 Å². The van der Waals surface area contributed by atoms with Crippen LogP contribution in [0.15, 0.2) is 30.7 Å². The number of halogens is 1. The van der Waals surface area contributed by atoms with Crippen molar-refractivity contribution >= 4 is 33.4 Å². The molecule has 1 amide bonds. The van der Waals surface area contributed by atoms with Crippen LogP contribution in [-0.4, -0.2) is 33.9 Å². The maximum absolute atomic E-state index is 13.8. The van der Waals surface area contributed by atoms with Crippen LogP contribution in [0.5, 0.6) is 0 Å². The van der Waals surface area contributed by atoms with Gasteiger partial charge in [0.1, 0.15) is 11.3 Å². The fraction of sp³-hybridized carbons (Fsp3) is 0.294. The number of thiazole rings is 1. The zero-order valence-corrected chi connectivity index (χ0v) is 14.1. The average molecular weight is 357 g/mol. The van der Waals surface area contributed by atoms with Gasteiger partial charge in [0.05, 0.1) is 11.1 Å². The molecule has 0 atom stereocenters. The number of carbonyl (C=O) groups is 1.